The van der Waals surface area contributed by atoms with Crippen LogP contribution in [-0.2, 0) is 13.1 Å². The van der Waals surface area contributed by atoms with Crippen LogP contribution in [0.25, 0.3) is 0 Å². The highest BCUT2D eigenvalue weighted by atomic mass is 16.2. The van der Waals surface area contributed by atoms with Gasteiger partial charge in [0.15, 0.2) is 0 Å². The molecule has 1 aliphatic rings. The molecule has 1 fully saturated rings. The number of hydrogen-bond donors (Lipinski definition) is 1. The Bertz CT molecular complexity index is 745. The van der Waals surface area contributed by atoms with Crippen LogP contribution >= 0.6 is 0 Å². The maximum Gasteiger partial charge on any atom is 0.318 e. The Morgan fingerprint density at radius 3 is 2.73 bits per heavy atom. The second-order valence-corrected chi connectivity index (χ2v) is 7.71. The van der Waals surface area contributed by atoms with Gasteiger partial charge in [0.2, 0.25) is 0 Å². The zero-order valence-electron chi connectivity index (χ0n) is 16.3. The van der Waals surface area contributed by atoms with E-state index in [1.807, 2.05) is 11.1 Å². The smallest absolute Gasteiger partial charge is 0.318 e. The van der Waals surface area contributed by atoms with Crippen molar-refractivity contribution < 1.29 is 4.79 Å². The first-order valence-corrected chi connectivity index (χ1v) is 9.58. The molecule has 0 aliphatic carbocycles. The number of nitrogens with zero attached hydrogens (tertiary/aromatic N) is 3. The third-order valence-electron chi connectivity index (χ3n) is 5.15. The minimum Gasteiger partial charge on any atom is -0.333 e. The van der Waals surface area contributed by atoms with E-state index in [1.165, 1.54) is 16.7 Å². The normalized spacial score (nSPS) is 17.1. The van der Waals surface area contributed by atoms with Gasteiger partial charge < -0.3 is 14.8 Å². The summed E-state index contributed by atoms with van der Waals surface area (Å²) in [5.74, 6) is 1.46. The summed E-state index contributed by atoms with van der Waals surface area (Å²) < 4.78 is 2.12. The van der Waals surface area contributed by atoms with Crippen molar-refractivity contribution in [3.8, 4) is 0 Å². The van der Waals surface area contributed by atoms with Crippen LogP contribution in [0.5, 0.6) is 0 Å². The fourth-order valence-electron chi connectivity index (χ4n) is 3.99. The number of aromatic nitrogens is 2. The minimum atomic E-state index is 0.00856. The number of likely N-dealkylation sites (tertiary alicyclic amines) is 1. The number of hydrogen-bond acceptors (Lipinski definition) is 2. The molecule has 1 atom stereocenters. The molecule has 1 saturated heterocycles. The number of carbonyl (C=O) groups excluding carboxylic acids is 1. The van der Waals surface area contributed by atoms with E-state index in [4.69, 9.17) is 0 Å². The molecule has 26 heavy (non-hydrogen) atoms. The van der Waals surface area contributed by atoms with Crippen LogP contribution in [0.3, 0.4) is 0 Å². The lowest BCUT2D eigenvalue weighted by molar-refractivity contribution is 0.192. The van der Waals surface area contributed by atoms with Gasteiger partial charge in [-0.05, 0) is 49.3 Å². The van der Waals surface area contributed by atoms with Crippen LogP contribution in [0.15, 0.2) is 30.6 Å². The Hall–Kier alpha value is -2.30. The van der Waals surface area contributed by atoms with E-state index in [0.29, 0.717) is 12.5 Å². The largest absolute Gasteiger partial charge is 0.333 e. The quantitative estimate of drug-likeness (QED) is 0.875. The minimum absolute atomic E-state index is 0.00856. The lowest BCUT2D eigenvalue weighted by Crippen LogP contribution is -2.40. The SMILES string of the molecule is Cc1cccc(C)c1C1CCCN1C(=O)NCc1nccn1CC(C)C. The first kappa shape index (κ1) is 18.5. The molecule has 140 valence electrons. The summed E-state index contributed by atoms with van der Waals surface area (Å²) in [6, 6.07) is 6.54. The molecule has 0 spiro atoms. The van der Waals surface area contributed by atoms with Crippen LogP contribution in [-0.4, -0.2) is 27.0 Å². The van der Waals surface area contributed by atoms with Crippen molar-refractivity contribution in [1.29, 1.82) is 0 Å². The van der Waals surface area contributed by atoms with Crippen LogP contribution < -0.4 is 5.32 Å². The molecule has 5 nitrogen and oxygen atoms in total. The van der Waals surface area contributed by atoms with Gasteiger partial charge in [0.1, 0.15) is 5.82 Å². The van der Waals surface area contributed by atoms with E-state index in [-0.39, 0.29) is 12.1 Å². The Morgan fingerprint density at radius 1 is 1.31 bits per heavy atom. The van der Waals surface area contributed by atoms with E-state index in [9.17, 15) is 4.79 Å². The topological polar surface area (TPSA) is 50.2 Å². The number of nitrogens with one attached hydrogen (secondary N) is 1. The van der Waals surface area contributed by atoms with E-state index in [0.717, 1.165) is 31.8 Å². The third kappa shape index (κ3) is 3.92. The maximum absolute atomic E-state index is 12.9. The molecule has 5 heteroatoms. The van der Waals surface area contributed by atoms with Gasteiger partial charge in [0.05, 0.1) is 12.6 Å². The molecule has 1 N–H and O–H groups in total. The average Bonchev–Trinajstić information content (AvgIpc) is 3.22. The molecule has 1 aliphatic heterocycles. The zero-order valence-corrected chi connectivity index (χ0v) is 16.3. The summed E-state index contributed by atoms with van der Waals surface area (Å²) in [4.78, 5) is 19.3. The standard InChI is InChI=1S/C21H30N4O/c1-15(2)14-24-12-10-22-19(24)13-23-21(26)25-11-6-9-18(25)20-16(3)7-5-8-17(20)4/h5,7-8,10,12,15,18H,6,9,11,13-14H2,1-4H3,(H,23,26). The summed E-state index contributed by atoms with van der Waals surface area (Å²) in [6.07, 6.45) is 5.87. The molecule has 1 unspecified atom stereocenters. The number of benzene rings is 1. The Morgan fingerprint density at radius 2 is 2.04 bits per heavy atom. The van der Waals surface area contributed by atoms with Crippen LogP contribution in [0.4, 0.5) is 4.79 Å². The third-order valence-corrected chi connectivity index (χ3v) is 5.15. The molecule has 1 aromatic heterocycles. The van der Waals surface area contributed by atoms with Crippen LogP contribution in [0.1, 0.15) is 55.2 Å². The summed E-state index contributed by atoms with van der Waals surface area (Å²) in [7, 11) is 0. The van der Waals surface area contributed by atoms with E-state index >= 15 is 0 Å². The molecule has 2 aromatic rings. The molecular weight excluding hydrogens is 324 g/mol. The predicted molar refractivity (Wildman–Crippen MR) is 104 cm³/mol. The highest BCUT2D eigenvalue weighted by molar-refractivity contribution is 5.75. The van der Waals surface area contributed by atoms with Crippen molar-refractivity contribution >= 4 is 6.03 Å². The Kier molecular flexibility index (Phi) is 5.64. The van der Waals surface area contributed by atoms with Gasteiger partial charge in [0, 0.05) is 25.5 Å². The number of urea groups is 1. The average molecular weight is 354 g/mol. The van der Waals surface area contributed by atoms with Gasteiger partial charge in [-0.2, -0.15) is 0 Å². The van der Waals surface area contributed by atoms with Crippen molar-refractivity contribution in [1.82, 2.24) is 19.8 Å². The summed E-state index contributed by atoms with van der Waals surface area (Å²) >= 11 is 0. The van der Waals surface area contributed by atoms with Crippen molar-refractivity contribution in [2.75, 3.05) is 6.54 Å². The second-order valence-electron chi connectivity index (χ2n) is 7.71. The first-order chi connectivity index (χ1) is 12.5. The van der Waals surface area contributed by atoms with Gasteiger partial charge >= 0.3 is 6.03 Å². The molecule has 0 bridgehead atoms. The first-order valence-electron chi connectivity index (χ1n) is 9.58. The predicted octanol–water partition coefficient (Wildman–Crippen LogP) is 4.20. The number of aryl methyl sites for hydroxylation is 2. The lowest BCUT2D eigenvalue weighted by atomic mass is 9.95. The van der Waals surface area contributed by atoms with E-state index in [2.05, 4.69) is 60.8 Å². The van der Waals surface area contributed by atoms with Crippen LogP contribution in [0, 0.1) is 19.8 Å². The van der Waals surface area contributed by atoms with E-state index < -0.39 is 0 Å². The molecule has 3 rings (SSSR count). The Balaban J connectivity index is 1.69. The van der Waals surface area contributed by atoms with Crippen molar-refractivity contribution in [2.24, 2.45) is 5.92 Å². The van der Waals surface area contributed by atoms with Gasteiger partial charge in [-0.25, -0.2) is 9.78 Å². The second kappa shape index (κ2) is 7.94. The molecule has 0 radical (unpaired) electrons. The van der Waals surface area contributed by atoms with E-state index in [1.54, 1.807) is 6.20 Å². The molecule has 0 saturated carbocycles. The molecule has 2 amide bonds. The molecular formula is C21H30N4O. The van der Waals surface area contributed by atoms with Gasteiger partial charge in [-0.1, -0.05) is 32.0 Å². The highest BCUT2D eigenvalue weighted by Crippen LogP contribution is 2.35. The maximum atomic E-state index is 12.9. The lowest BCUT2D eigenvalue weighted by Gasteiger charge is -2.28. The summed E-state index contributed by atoms with van der Waals surface area (Å²) in [5, 5.41) is 3.08. The fourth-order valence-corrected chi connectivity index (χ4v) is 3.99. The van der Waals surface area contributed by atoms with Gasteiger partial charge in [0.25, 0.3) is 0 Å². The van der Waals surface area contributed by atoms with Gasteiger partial charge in [-0.3, -0.25) is 0 Å². The zero-order chi connectivity index (χ0) is 18.7. The van der Waals surface area contributed by atoms with Crippen LogP contribution in [0.2, 0.25) is 0 Å². The number of imidazole rings is 1. The van der Waals surface area contributed by atoms with Gasteiger partial charge in [-0.15, -0.1) is 0 Å². The fraction of sp³-hybridized carbons (Fsp3) is 0.524. The highest BCUT2D eigenvalue weighted by Gasteiger charge is 2.31. The summed E-state index contributed by atoms with van der Waals surface area (Å²) in [5.41, 5.74) is 3.84. The van der Waals surface area contributed by atoms with Crippen molar-refractivity contribution in [3.63, 3.8) is 0 Å². The summed E-state index contributed by atoms with van der Waals surface area (Å²) in [6.45, 7) is 10.8. The number of amides is 2. The molecule has 2 heterocycles. The van der Waals surface area contributed by atoms with Crippen molar-refractivity contribution in [2.45, 2.75) is 59.7 Å². The monoisotopic (exact) mass is 354 g/mol. The number of rotatable bonds is 5. The number of carbonyl (C=O) groups is 1. The van der Waals surface area contributed by atoms with Crippen molar-refractivity contribution in [3.05, 3.63) is 53.1 Å². The molecule has 1 aromatic carbocycles. The Labute approximate surface area is 156 Å².